The highest BCUT2D eigenvalue weighted by Gasteiger charge is 2.24. The van der Waals surface area contributed by atoms with Crippen LogP contribution in [-0.4, -0.2) is 0 Å². The van der Waals surface area contributed by atoms with Crippen LogP contribution in [0.5, 0.6) is 0 Å². The van der Waals surface area contributed by atoms with Crippen LogP contribution in [0.2, 0.25) is 0 Å². The molecule has 2 nitrogen and oxygen atoms in total. The SMILES string of the molecule is c1ccc(-c2cccc3cccc(-c4ccccc4N(c4ccc5c(c4)oc4ccccc45)c4ccccc4-c4cccc5c4sc4ccccc45)c23)cc1. The van der Waals surface area contributed by atoms with Crippen LogP contribution in [0.1, 0.15) is 0 Å². The van der Waals surface area contributed by atoms with E-state index in [1.54, 1.807) is 0 Å². The second kappa shape index (κ2) is 12.9. The second-order valence-electron chi connectivity index (χ2n) is 14.0. The van der Waals surface area contributed by atoms with Crippen molar-refractivity contribution in [3.8, 4) is 33.4 Å². The van der Waals surface area contributed by atoms with Gasteiger partial charge in [-0.3, -0.25) is 0 Å². The fourth-order valence-corrected chi connectivity index (χ4v) is 9.67. The molecule has 0 amide bonds. The average Bonchev–Trinajstić information content (AvgIpc) is 3.82. The average molecular weight is 720 g/mol. The Bertz CT molecular complexity index is 3220. The van der Waals surface area contributed by atoms with Crippen LogP contribution >= 0.6 is 11.3 Å². The monoisotopic (exact) mass is 719 g/mol. The van der Waals surface area contributed by atoms with E-state index in [0.29, 0.717) is 0 Å². The third-order valence-corrected chi connectivity index (χ3v) is 12.1. The fourth-order valence-electron chi connectivity index (χ4n) is 8.44. The Balaban J connectivity index is 1.20. The summed E-state index contributed by atoms with van der Waals surface area (Å²) in [5.74, 6) is 0. The van der Waals surface area contributed by atoms with Crippen molar-refractivity contribution in [3.63, 3.8) is 0 Å². The molecule has 0 spiro atoms. The van der Waals surface area contributed by atoms with Crippen LogP contribution in [0.25, 0.3) is 86.3 Å². The number of benzene rings is 9. The second-order valence-corrected chi connectivity index (χ2v) is 15.1. The summed E-state index contributed by atoms with van der Waals surface area (Å²) in [4.78, 5) is 2.44. The fraction of sp³-hybridized carbons (Fsp3) is 0. The van der Waals surface area contributed by atoms with Gasteiger partial charge in [0.15, 0.2) is 0 Å². The molecule has 0 fully saturated rings. The predicted octanol–water partition coefficient (Wildman–Crippen LogP) is 15.6. The number of furan rings is 1. The predicted molar refractivity (Wildman–Crippen MR) is 235 cm³/mol. The zero-order valence-electron chi connectivity index (χ0n) is 29.8. The number of fused-ring (bicyclic) bond motifs is 7. The third-order valence-electron chi connectivity index (χ3n) is 10.9. The quantitative estimate of drug-likeness (QED) is 0.170. The van der Waals surface area contributed by atoms with E-state index in [-0.39, 0.29) is 0 Å². The first-order chi connectivity index (χ1) is 27.3. The summed E-state index contributed by atoms with van der Waals surface area (Å²) in [5, 5.41) is 7.26. The zero-order valence-corrected chi connectivity index (χ0v) is 30.6. The van der Waals surface area contributed by atoms with Gasteiger partial charge in [-0.2, -0.15) is 0 Å². The van der Waals surface area contributed by atoms with Gasteiger partial charge in [0.05, 0.1) is 11.4 Å². The minimum atomic E-state index is 0.863. The smallest absolute Gasteiger partial charge is 0.137 e. The van der Waals surface area contributed by atoms with E-state index in [9.17, 15) is 0 Å². The Morgan fingerprint density at radius 2 is 0.964 bits per heavy atom. The van der Waals surface area contributed by atoms with Crippen LogP contribution in [0.3, 0.4) is 0 Å². The van der Waals surface area contributed by atoms with Gasteiger partial charge in [0.1, 0.15) is 11.2 Å². The number of rotatable bonds is 6. The summed E-state index contributed by atoms with van der Waals surface area (Å²) in [6.07, 6.45) is 0. The Kier molecular flexibility index (Phi) is 7.39. The standard InChI is InChI=1S/C52H33NOS/c1-2-15-34(16-3-1)37-23-12-17-35-18-13-24-43(51(35)37)38-19-4-8-27-46(38)53(36-31-32-41-40-21-6-10-29-48(40)54-49(41)33-36)47-28-9-5-20-39(47)44-25-14-26-45-42-22-7-11-30-50(42)55-52(44)45/h1-33H. The lowest BCUT2D eigenvalue weighted by Gasteiger charge is -2.30. The third kappa shape index (κ3) is 5.16. The highest BCUT2D eigenvalue weighted by atomic mass is 32.1. The minimum absolute atomic E-state index is 0.863. The number of thiophene rings is 1. The molecule has 0 atom stereocenters. The molecule has 0 unspecified atom stereocenters. The molecule has 2 aromatic heterocycles. The first kappa shape index (κ1) is 31.6. The van der Waals surface area contributed by atoms with E-state index in [2.05, 4.69) is 193 Å². The lowest BCUT2D eigenvalue weighted by molar-refractivity contribution is 0.669. The molecule has 11 aromatic rings. The van der Waals surface area contributed by atoms with Crippen LogP contribution in [-0.2, 0) is 0 Å². The highest BCUT2D eigenvalue weighted by Crippen LogP contribution is 2.49. The van der Waals surface area contributed by atoms with Gasteiger partial charge in [0, 0.05) is 59.4 Å². The summed E-state index contributed by atoms with van der Waals surface area (Å²) in [7, 11) is 0. The van der Waals surface area contributed by atoms with E-state index in [0.717, 1.165) is 44.6 Å². The largest absolute Gasteiger partial charge is 0.456 e. The summed E-state index contributed by atoms with van der Waals surface area (Å²) in [5.41, 5.74) is 12.1. The molecule has 9 aromatic carbocycles. The maximum atomic E-state index is 6.53. The maximum Gasteiger partial charge on any atom is 0.137 e. The Labute approximate surface area is 322 Å². The van der Waals surface area contributed by atoms with Gasteiger partial charge in [-0.1, -0.05) is 158 Å². The van der Waals surface area contributed by atoms with E-state index in [1.165, 1.54) is 58.8 Å². The van der Waals surface area contributed by atoms with Gasteiger partial charge < -0.3 is 9.32 Å². The van der Waals surface area contributed by atoms with Crippen molar-refractivity contribution in [2.24, 2.45) is 0 Å². The molecule has 0 aliphatic carbocycles. The molecule has 0 aliphatic rings. The van der Waals surface area contributed by atoms with Crippen LogP contribution in [0.15, 0.2) is 205 Å². The summed E-state index contributed by atoms with van der Waals surface area (Å²) < 4.78 is 9.12. The van der Waals surface area contributed by atoms with E-state index in [4.69, 9.17) is 4.42 Å². The molecule has 0 aliphatic heterocycles. The first-order valence-electron chi connectivity index (χ1n) is 18.7. The molecule has 55 heavy (non-hydrogen) atoms. The van der Waals surface area contributed by atoms with Crippen molar-refractivity contribution in [3.05, 3.63) is 200 Å². The Hall–Kier alpha value is -6.94. The summed E-state index contributed by atoms with van der Waals surface area (Å²) >= 11 is 1.87. The maximum absolute atomic E-state index is 6.53. The van der Waals surface area contributed by atoms with Crippen molar-refractivity contribution in [1.82, 2.24) is 0 Å². The van der Waals surface area contributed by atoms with Crippen LogP contribution in [0.4, 0.5) is 17.1 Å². The molecule has 2 heterocycles. The van der Waals surface area contributed by atoms with Crippen LogP contribution < -0.4 is 4.90 Å². The summed E-state index contributed by atoms with van der Waals surface area (Å²) in [6.45, 7) is 0. The molecule has 11 rings (SSSR count). The van der Waals surface area contributed by atoms with Crippen LogP contribution in [0, 0.1) is 0 Å². The van der Waals surface area contributed by atoms with Crippen molar-refractivity contribution in [2.75, 3.05) is 4.90 Å². The summed E-state index contributed by atoms with van der Waals surface area (Å²) in [6, 6.07) is 72.2. The van der Waals surface area contributed by atoms with Gasteiger partial charge in [0.2, 0.25) is 0 Å². The van der Waals surface area contributed by atoms with Crippen molar-refractivity contribution >= 4 is 81.3 Å². The molecular formula is C52H33NOS. The van der Waals surface area contributed by atoms with Gasteiger partial charge in [-0.05, 0) is 63.9 Å². The zero-order chi connectivity index (χ0) is 36.3. The normalized spacial score (nSPS) is 11.6. The molecule has 0 saturated carbocycles. The lowest BCUT2D eigenvalue weighted by atomic mass is 9.90. The van der Waals surface area contributed by atoms with E-state index < -0.39 is 0 Å². The topological polar surface area (TPSA) is 16.4 Å². The number of hydrogen-bond acceptors (Lipinski definition) is 3. The van der Waals surface area contributed by atoms with Gasteiger partial charge in [0.25, 0.3) is 0 Å². The molecule has 3 heteroatoms. The first-order valence-corrected chi connectivity index (χ1v) is 19.5. The Morgan fingerprint density at radius 1 is 0.382 bits per heavy atom. The number of hydrogen-bond donors (Lipinski definition) is 0. The molecule has 0 saturated heterocycles. The molecule has 0 bridgehead atoms. The van der Waals surface area contributed by atoms with Gasteiger partial charge in [-0.25, -0.2) is 0 Å². The minimum Gasteiger partial charge on any atom is -0.456 e. The molecular weight excluding hydrogens is 687 g/mol. The highest BCUT2D eigenvalue weighted by molar-refractivity contribution is 7.26. The Morgan fingerprint density at radius 3 is 1.78 bits per heavy atom. The lowest BCUT2D eigenvalue weighted by Crippen LogP contribution is -2.12. The van der Waals surface area contributed by atoms with Gasteiger partial charge in [-0.15, -0.1) is 11.3 Å². The number of anilines is 3. The van der Waals surface area contributed by atoms with Crippen molar-refractivity contribution in [1.29, 1.82) is 0 Å². The number of nitrogens with zero attached hydrogens (tertiary/aromatic N) is 1. The molecule has 0 N–H and O–H groups in total. The van der Waals surface area contributed by atoms with Gasteiger partial charge >= 0.3 is 0 Å². The van der Waals surface area contributed by atoms with E-state index in [1.807, 2.05) is 23.5 Å². The molecule has 0 radical (unpaired) electrons. The number of para-hydroxylation sites is 3. The molecule has 258 valence electrons. The van der Waals surface area contributed by atoms with Crippen molar-refractivity contribution < 1.29 is 4.42 Å². The van der Waals surface area contributed by atoms with E-state index >= 15 is 0 Å². The van der Waals surface area contributed by atoms with Crippen molar-refractivity contribution in [2.45, 2.75) is 0 Å².